The quantitative estimate of drug-likeness (QED) is 0.795. The van der Waals surface area contributed by atoms with Gasteiger partial charge in [0.05, 0.1) is 6.54 Å². The molecule has 2 aromatic rings. The second-order valence-electron chi connectivity index (χ2n) is 7.02. The van der Waals surface area contributed by atoms with Crippen molar-refractivity contribution in [1.82, 2.24) is 4.90 Å². The Bertz CT molecular complexity index is 705. The minimum Gasteiger partial charge on any atom is -0.453 e. The topological polar surface area (TPSA) is 50.5 Å². The molecule has 118 valence electrons. The number of carbonyl (C=O) groups is 2. The molecule has 0 radical (unpaired) electrons. The van der Waals surface area contributed by atoms with Crippen molar-refractivity contribution in [3.63, 3.8) is 0 Å². The van der Waals surface area contributed by atoms with E-state index in [1.165, 1.54) is 0 Å². The number of nitrogens with zero attached hydrogens (tertiary/aromatic N) is 1. The lowest BCUT2D eigenvalue weighted by Crippen LogP contribution is -2.22. The van der Waals surface area contributed by atoms with E-state index >= 15 is 0 Å². The zero-order valence-corrected chi connectivity index (χ0v) is 13.9. The van der Waals surface area contributed by atoms with Crippen molar-refractivity contribution >= 4 is 22.5 Å². The standard InChI is InChI=1S/C18H23NO3/c1-18(2,3)17(21)16-10-13-8-12(6-7-15(13)22-16)9-14(20)11-19(4)5/h6-8,10H,9,11H2,1-5H3. The third-order valence-electron chi connectivity index (χ3n) is 3.38. The molecule has 1 heterocycles. The first-order valence-corrected chi connectivity index (χ1v) is 7.40. The molecule has 0 aliphatic heterocycles. The molecule has 0 N–H and O–H groups in total. The highest BCUT2D eigenvalue weighted by molar-refractivity contribution is 6.00. The fraction of sp³-hybridized carbons (Fsp3) is 0.444. The Labute approximate surface area is 131 Å². The average Bonchev–Trinajstić information content (AvgIpc) is 2.78. The van der Waals surface area contributed by atoms with Crippen LogP contribution in [0, 0.1) is 5.41 Å². The van der Waals surface area contributed by atoms with Crippen LogP contribution in [0.3, 0.4) is 0 Å². The van der Waals surface area contributed by atoms with E-state index in [9.17, 15) is 9.59 Å². The Morgan fingerprint density at radius 2 is 1.82 bits per heavy atom. The molecule has 0 atom stereocenters. The molecule has 4 nitrogen and oxygen atoms in total. The van der Waals surface area contributed by atoms with Gasteiger partial charge in [0.25, 0.3) is 0 Å². The maximum absolute atomic E-state index is 12.3. The fourth-order valence-electron chi connectivity index (χ4n) is 2.32. The zero-order chi connectivity index (χ0) is 16.5. The predicted molar refractivity (Wildman–Crippen MR) is 87.3 cm³/mol. The van der Waals surface area contributed by atoms with E-state index in [0.29, 0.717) is 24.3 Å². The number of hydrogen-bond acceptors (Lipinski definition) is 4. The number of Topliss-reactive ketones (excluding diaryl/α,β-unsaturated/α-hetero) is 2. The van der Waals surface area contributed by atoms with Gasteiger partial charge in [-0.3, -0.25) is 9.59 Å². The van der Waals surface area contributed by atoms with E-state index in [2.05, 4.69) is 0 Å². The lowest BCUT2D eigenvalue weighted by Gasteiger charge is -2.13. The minimum atomic E-state index is -0.474. The Balaban J connectivity index is 2.24. The highest BCUT2D eigenvalue weighted by Gasteiger charge is 2.26. The summed E-state index contributed by atoms with van der Waals surface area (Å²) in [5, 5.41) is 0.864. The summed E-state index contributed by atoms with van der Waals surface area (Å²) in [6.07, 6.45) is 0.391. The van der Waals surface area contributed by atoms with E-state index in [4.69, 9.17) is 4.42 Å². The Morgan fingerprint density at radius 1 is 1.14 bits per heavy atom. The van der Waals surface area contributed by atoms with E-state index in [-0.39, 0.29) is 11.6 Å². The molecule has 2 rings (SSSR count). The van der Waals surface area contributed by atoms with Gasteiger partial charge in [-0.05, 0) is 37.9 Å². The Hall–Kier alpha value is -1.94. The predicted octanol–water partition coefficient (Wildman–Crippen LogP) is 3.33. The molecule has 0 spiro atoms. The lowest BCUT2D eigenvalue weighted by molar-refractivity contribution is -0.119. The molecule has 0 saturated heterocycles. The van der Waals surface area contributed by atoms with Gasteiger partial charge in [-0.25, -0.2) is 0 Å². The third kappa shape index (κ3) is 3.83. The Kier molecular flexibility index (Phi) is 4.52. The largest absolute Gasteiger partial charge is 0.453 e. The van der Waals surface area contributed by atoms with Gasteiger partial charge in [-0.2, -0.15) is 0 Å². The van der Waals surface area contributed by atoms with Gasteiger partial charge in [0.15, 0.2) is 11.5 Å². The molecule has 4 heteroatoms. The van der Waals surface area contributed by atoms with Crippen LogP contribution in [-0.4, -0.2) is 37.1 Å². The summed E-state index contributed by atoms with van der Waals surface area (Å²) < 4.78 is 5.64. The number of hydrogen-bond donors (Lipinski definition) is 0. The van der Waals surface area contributed by atoms with Crippen molar-refractivity contribution in [2.75, 3.05) is 20.6 Å². The summed E-state index contributed by atoms with van der Waals surface area (Å²) in [7, 11) is 3.75. The first kappa shape index (κ1) is 16.4. The lowest BCUT2D eigenvalue weighted by atomic mass is 9.89. The van der Waals surface area contributed by atoms with Gasteiger partial charge in [0, 0.05) is 17.2 Å². The van der Waals surface area contributed by atoms with Crippen LogP contribution in [0.1, 0.15) is 36.9 Å². The molecular weight excluding hydrogens is 278 g/mol. The number of fused-ring (bicyclic) bond motifs is 1. The van der Waals surface area contributed by atoms with Gasteiger partial charge < -0.3 is 9.32 Å². The van der Waals surface area contributed by atoms with E-state index < -0.39 is 5.41 Å². The van der Waals surface area contributed by atoms with Crippen LogP contribution in [0.5, 0.6) is 0 Å². The van der Waals surface area contributed by atoms with Crippen LogP contribution in [0.2, 0.25) is 0 Å². The number of likely N-dealkylation sites (N-methyl/N-ethyl adjacent to an activating group) is 1. The second kappa shape index (κ2) is 6.05. The highest BCUT2D eigenvalue weighted by Crippen LogP contribution is 2.27. The molecule has 0 aliphatic rings. The molecule has 0 aliphatic carbocycles. The molecular formula is C18H23NO3. The van der Waals surface area contributed by atoms with Gasteiger partial charge >= 0.3 is 0 Å². The van der Waals surface area contributed by atoms with Gasteiger partial charge in [-0.1, -0.05) is 26.8 Å². The molecule has 1 aromatic heterocycles. The fourth-order valence-corrected chi connectivity index (χ4v) is 2.32. The van der Waals surface area contributed by atoms with Crippen molar-refractivity contribution in [3.05, 3.63) is 35.6 Å². The van der Waals surface area contributed by atoms with Crippen molar-refractivity contribution < 1.29 is 14.0 Å². The van der Waals surface area contributed by atoms with Crippen LogP contribution in [0.25, 0.3) is 11.0 Å². The van der Waals surface area contributed by atoms with E-state index in [1.54, 1.807) is 6.07 Å². The molecule has 0 amide bonds. The third-order valence-corrected chi connectivity index (χ3v) is 3.38. The molecule has 22 heavy (non-hydrogen) atoms. The maximum Gasteiger partial charge on any atom is 0.203 e. The number of carbonyl (C=O) groups excluding carboxylic acids is 2. The van der Waals surface area contributed by atoms with Crippen molar-refractivity contribution in [2.45, 2.75) is 27.2 Å². The smallest absolute Gasteiger partial charge is 0.203 e. The van der Waals surface area contributed by atoms with Crippen LogP contribution in [0.15, 0.2) is 28.7 Å². The molecule has 0 fully saturated rings. The first-order chi connectivity index (χ1) is 10.2. The summed E-state index contributed by atoms with van der Waals surface area (Å²) in [5.41, 5.74) is 1.14. The number of ketones is 2. The SMILES string of the molecule is CN(C)CC(=O)Cc1ccc2oc(C(=O)C(C)(C)C)cc2c1. The highest BCUT2D eigenvalue weighted by atomic mass is 16.3. The normalized spacial score (nSPS) is 12.1. The van der Waals surface area contributed by atoms with Gasteiger partial charge in [-0.15, -0.1) is 0 Å². The number of rotatable bonds is 5. The van der Waals surface area contributed by atoms with Crippen molar-refractivity contribution in [3.8, 4) is 0 Å². The van der Waals surface area contributed by atoms with Crippen molar-refractivity contribution in [1.29, 1.82) is 0 Å². The second-order valence-corrected chi connectivity index (χ2v) is 7.02. The molecule has 0 saturated carbocycles. The summed E-state index contributed by atoms with van der Waals surface area (Å²) in [6, 6.07) is 7.40. The van der Waals surface area contributed by atoms with Crippen LogP contribution in [-0.2, 0) is 11.2 Å². The number of benzene rings is 1. The molecule has 0 unspecified atom stereocenters. The number of furan rings is 1. The van der Waals surface area contributed by atoms with Crippen LogP contribution >= 0.6 is 0 Å². The Morgan fingerprint density at radius 3 is 2.41 bits per heavy atom. The summed E-state index contributed by atoms with van der Waals surface area (Å²) >= 11 is 0. The monoisotopic (exact) mass is 301 g/mol. The first-order valence-electron chi connectivity index (χ1n) is 7.40. The molecule has 0 bridgehead atoms. The maximum atomic E-state index is 12.3. The van der Waals surface area contributed by atoms with Crippen molar-refractivity contribution in [2.24, 2.45) is 5.41 Å². The van der Waals surface area contributed by atoms with E-state index in [0.717, 1.165) is 10.9 Å². The zero-order valence-electron chi connectivity index (χ0n) is 13.9. The molecule has 1 aromatic carbocycles. The van der Waals surface area contributed by atoms with Crippen LogP contribution < -0.4 is 0 Å². The van der Waals surface area contributed by atoms with Crippen LogP contribution in [0.4, 0.5) is 0 Å². The summed E-state index contributed by atoms with van der Waals surface area (Å²) in [5.74, 6) is 0.520. The minimum absolute atomic E-state index is 0.0195. The van der Waals surface area contributed by atoms with E-state index in [1.807, 2.05) is 58.0 Å². The average molecular weight is 301 g/mol. The summed E-state index contributed by atoms with van der Waals surface area (Å²) in [6.45, 7) is 6.03. The van der Waals surface area contributed by atoms with Gasteiger partial charge in [0.2, 0.25) is 5.78 Å². The summed E-state index contributed by atoms with van der Waals surface area (Å²) in [4.78, 5) is 26.0. The van der Waals surface area contributed by atoms with Gasteiger partial charge in [0.1, 0.15) is 5.58 Å².